The molecule has 7 heteroatoms. The fourth-order valence-electron chi connectivity index (χ4n) is 2.04. The third kappa shape index (κ3) is 3.38. The molecule has 4 nitrogen and oxygen atoms in total. The molecule has 1 N–H and O–H groups in total. The van der Waals surface area contributed by atoms with Crippen LogP contribution in [0.2, 0.25) is 5.02 Å². The smallest absolute Gasteiger partial charge is 0.274 e. The average Bonchev–Trinajstić information content (AvgIpc) is 2.59. The molecule has 0 aliphatic carbocycles. The van der Waals surface area contributed by atoms with E-state index in [1.165, 1.54) is 18.3 Å². The molecule has 0 atom stereocenters. The second-order valence-electron chi connectivity index (χ2n) is 4.85. The number of pyridine rings is 2. The summed E-state index contributed by atoms with van der Waals surface area (Å²) in [6.07, 6.45) is 3.07. The Bertz CT molecular complexity index is 901. The second-order valence-corrected chi connectivity index (χ2v) is 5.26. The van der Waals surface area contributed by atoms with Crippen molar-refractivity contribution in [3.8, 4) is 11.3 Å². The maximum Gasteiger partial charge on any atom is 0.274 e. The van der Waals surface area contributed by atoms with E-state index < -0.39 is 17.5 Å². The molecular formula is C17H10ClF2N3O. The molecule has 0 unspecified atom stereocenters. The van der Waals surface area contributed by atoms with Gasteiger partial charge in [0.05, 0.1) is 10.7 Å². The molecule has 3 rings (SSSR count). The first kappa shape index (κ1) is 16.0. The first-order valence-electron chi connectivity index (χ1n) is 6.88. The lowest BCUT2D eigenvalue weighted by Crippen LogP contribution is -2.13. The van der Waals surface area contributed by atoms with Crippen molar-refractivity contribution in [1.82, 2.24) is 9.97 Å². The molecule has 0 aliphatic heterocycles. The van der Waals surface area contributed by atoms with Crippen LogP contribution in [0.4, 0.5) is 14.5 Å². The molecule has 0 bridgehead atoms. The quantitative estimate of drug-likeness (QED) is 0.768. The molecular weight excluding hydrogens is 336 g/mol. The second kappa shape index (κ2) is 6.72. The Morgan fingerprint density at radius 2 is 1.88 bits per heavy atom. The van der Waals surface area contributed by atoms with Crippen LogP contribution in [0.3, 0.4) is 0 Å². The zero-order chi connectivity index (χ0) is 17.1. The van der Waals surface area contributed by atoms with Crippen LogP contribution in [0.1, 0.15) is 10.5 Å². The van der Waals surface area contributed by atoms with Gasteiger partial charge in [0, 0.05) is 29.7 Å². The Balaban J connectivity index is 1.79. The number of benzene rings is 1. The molecule has 120 valence electrons. The van der Waals surface area contributed by atoms with Gasteiger partial charge in [-0.25, -0.2) is 8.78 Å². The van der Waals surface area contributed by atoms with E-state index in [0.29, 0.717) is 16.3 Å². The molecule has 24 heavy (non-hydrogen) atoms. The minimum atomic E-state index is -1.04. The molecule has 2 aromatic heterocycles. The number of hydrogen-bond acceptors (Lipinski definition) is 3. The average molecular weight is 346 g/mol. The summed E-state index contributed by atoms with van der Waals surface area (Å²) in [6.45, 7) is 0. The molecule has 0 saturated carbocycles. The summed E-state index contributed by atoms with van der Waals surface area (Å²) in [5.74, 6) is -2.57. The van der Waals surface area contributed by atoms with Gasteiger partial charge in [-0.15, -0.1) is 0 Å². The summed E-state index contributed by atoms with van der Waals surface area (Å²) in [5.41, 5.74) is 1.47. The molecule has 1 amide bonds. The van der Waals surface area contributed by atoms with Gasteiger partial charge in [0.25, 0.3) is 5.91 Å². The van der Waals surface area contributed by atoms with Gasteiger partial charge in [0.15, 0.2) is 11.6 Å². The number of rotatable bonds is 3. The lowest BCUT2D eigenvalue weighted by molar-refractivity contribution is 0.102. The van der Waals surface area contributed by atoms with Crippen molar-refractivity contribution in [2.75, 3.05) is 5.32 Å². The summed E-state index contributed by atoms with van der Waals surface area (Å²) in [6, 6.07) is 9.66. The number of halogens is 3. The van der Waals surface area contributed by atoms with Gasteiger partial charge < -0.3 is 5.32 Å². The van der Waals surface area contributed by atoms with Gasteiger partial charge in [0.2, 0.25) is 0 Å². The van der Waals surface area contributed by atoms with E-state index in [-0.39, 0.29) is 11.4 Å². The fraction of sp³-hybridized carbons (Fsp3) is 0. The molecule has 0 saturated heterocycles. The number of anilines is 1. The van der Waals surface area contributed by atoms with Crippen LogP contribution in [0.15, 0.2) is 54.9 Å². The molecule has 0 aliphatic rings. The van der Waals surface area contributed by atoms with Gasteiger partial charge in [-0.1, -0.05) is 11.6 Å². The number of hydrogen-bond donors (Lipinski definition) is 1. The van der Waals surface area contributed by atoms with Gasteiger partial charge in [-0.3, -0.25) is 14.8 Å². The largest absolute Gasteiger partial charge is 0.321 e. The summed E-state index contributed by atoms with van der Waals surface area (Å²) in [5, 5.41) is 2.92. The summed E-state index contributed by atoms with van der Waals surface area (Å²) < 4.78 is 26.0. The Morgan fingerprint density at radius 1 is 1.04 bits per heavy atom. The van der Waals surface area contributed by atoms with E-state index in [9.17, 15) is 13.6 Å². The highest BCUT2D eigenvalue weighted by Gasteiger charge is 2.11. The number of aromatic nitrogens is 2. The first-order valence-corrected chi connectivity index (χ1v) is 7.26. The Labute approximate surface area is 141 Å². The van der Waals surface area contributed by atoms with E-state index in [2.05, 4.69) is 15.3 Å². The number of nitrogens with zero attached hydrogens (tertiary/aromatic N) is 2. The van der Waals surface area contributed by atoms with Crippen LogP contribution in [-0.4, -0.2) is 15.9 Å². The molecule has 0 fully saturated rings. The van der Waals surface area contributed by atoms with Crippen LogP contribution in [0, 0.1) is 11.6 Å². The molecule has 1 aromatic carbocycles. The van der Waals surface area contributed by atoms with Gasteiger partial charge in [-0.2, -0.15) is 0 Å². The molecule has 0 radical (unpaired) electrons. The molecule has 0 spiro atoms. The van der Waals surface area contributed by atoms with E-state index in [1.807, 2.05) is 0 Å². The van der Waals surface area contributed by atoms with Gasteiger partial charge in [-0.05, 0) is 36.4 Å². The highest BCUT2D eigenvalue weighted by atomic mass is 35.5. The standard InChI is InChI=1S/C17H10ClF2N3O/c18-12-2-1-7-21-16(12)10-3-6-15(22-9-10)17(24)23-11-4-5-13(19)14(20)8-11/h1-9H,(H,23,24). The maximum absolute atomic E-state index is 13.1. The van der Waals surface area contributed by atoms with Crippen molar-refractivity contribution in [3.63, 3.8) is 0 Å². The number of amides is 1. The molecule has 2 heterocycles. The van der Waals surface area contributed by atoms with Crippen molar-refractivity contribution in [1.29, 1.82) is 0 Å². The van der Waals surface area contributed by atoms with Crippen LogP contribution < -0.4 is 5.32 Å². The first-order chi connectivity index (χ1) is 11.5. The summed E-state index contributed by atoms with van der Waals surface area (Å²) in [4.78, 5) is 20.3. The SMILES string of the molecule is O=C(Nc1ccc(F)c(F)c1)c1ccc(-c2ncccc2Cl)cn1. The normalized spacial score (nSPS) is 10.5. The van der Waals surface area contributed by atoms with Gasteiger partial charge >= 0.3 is 0 Å². The van der Waals surface area contributed by atoms with Crippen LogP contribution in [0.25, 0.3) is 11.3 Å². The minimum absolute atomic E-state index is 0.121. The lowest BCUT2D eigenvalue weighted by atomic mass is 10.1. The highest BCUT2D eigenvalue weighted by Crippen LogP contribution is 2.24. The van der Waals surface area contributed by atoms with E-state index >= 15 is 0 Å². The van der Waals surface area contributed by atoms with E-state index in [4.69, 9.17) is 11.6 Å². The number of carbonyl (C=O) groups excluding carboxylic acids is 1. The van der Waals surface area contributed by atoms with Crippen LogP contribution >= 0.6 is 11.6 Å². The van der Waals surface area contributed by atoms with Crippen LogP contribution in [0.5, 0.6) is 0 Å². The van der Waals surface area contributed by atoms with Crippen molar-refractivity contribution in [2.24, 2.45) is 0 Å². The monoisotopic (exact) mass is 345 g/mol. The Kier molecular flexibility index (Phi) is 4.48. The third-order valence-electron chi connectivity index (χ3n) is 3.21. The van der Waals surface area contributed by atoms with Crippen molar-refractivity contribution >= 4 is 23.2 Å². The van der Waals surface area contributed by atoms with Crippen molar-refractivity contribution in [2.45, 2.75) is 0 Å². The predicted octanol–water partition coefficient (Wildman–Crippen LogP) is 4.33. The maximum atomic E-state index is 13.1. The van der Waals surface area contributed by atoms with E-state index in [0.717, 1.165) is 12.1 Å². The Hall–Kier alpha value is -2.86. The number of nitrogens with one attached hydrogen (secondary N) is 1. The lowest BCUT2D eigenvalue weighted by Gasteiger charge is -2.06. The predicted molar refractivity (Wildman–Crippen MR) is 86.8 cm³/mol. The number of carbonyl (C=O) groups is 1. The van der Waals surface area contributed by atoms with Crippen molar-refractivity contribution in [3.05, 3.63) is 77.2 Å². The highest BCUT2D eigenvalue weighted by molar-refractivity contribution is 6.33. The zero-order valence-corrected chi connectivity index (χ0v) is 12.9. The van der Waals surface area contributed by atoms with Crippen LogP contribution in [-0.2, 0) is 0 Å². The molecule has 3 aromatic rings. The summed E-state index contributed by atoms with van der Waals surface area (Å²) >= 11 is 6.06. The fourth-order valence-corrected chi connectivity index (χ4v) is 2.27. The van der Waals surface area contributed by atoms with Crippen molar-refractivity contribution < 1.29 is 13.6 Å². The van der Waals surface area contributed by atoms with Gasteiger partial charge in [0.1, 0.15) is 5.69 Å². The topological polar surface area (TPSA) is 54.9 Å². The Morgan fingerprint density at radius 3 is 2.54 bits per heavy atom. The zero-order valence-electron chi connectivity index (χ0n) is 12.1. The van der Waals surface area contributed by atoms with E-state index in [1.54, 1.807) is 24.4 Å². The summed E-state index contributed by atoms with van der Waals surface area (Å²) in [7, 11) is 0. The third-order valence-corrected chi connectivity index (χ3v) is 3.51. The minimum Gasteiger partial charge on any atom is -0.321 e.